The molecule has 1 aromatic carbocycles. The van der Waals surface area contributed by atoms with Gasteiger partial charge in [0.1, 0.15) is 0 Å². The maximum atomic E-state index is 7.50. The number of aryl methyl sites for hydroxylation is 1. The molecule has 1 saturated carbocycles. The minimum atomic E-state index is 0.431. The number of benzene rings is 1. The fourth-order valence-corrected chi connectivity index (χ4v) is 3.30. The third kappa shape index (κ3) is 5.04. The van der Waals surface area contributed by atoms with Crippen molar-refractivity contribution in [1.29, 1.82) is 5.41 Å². The van der Waals surface area contributed by atoms with E-state index in [2.05, 4.69) is 27.7 Å². The van der Waals surface area contributed by atoms with Crippen molar-refractivity contribution < 1.29 is 0 Å². The first kappa shape index (κ1) is 20.5. The molecular formula is C19H35N3. The van der Waals surface area contributed by atoms with Crippen molar-refractivity contribution in [3.05, 3.63) is 23.8 Å². The smallest absolute Gasteiger partial charge is 0.0367 e. The Morgan fingerprint density at radius 1 is 1.18 bits per heavy atom. The van der Waals surface area contributed by atoms with E-state index < -0.39 is 0 Å². The highest BCUT2D eigenvalue weighted by atomic mass is 14.7. The molecule has 0 saturated heterocycles. The molecule has 126 valence electrons. The van der Waals surface area contributed by atoms with Crippen LogP contribution in [0.3, 0.4) is 0 Å². The summed E-state index contributed by atoms with van der Waals surface area (Å²) in [6.45, 7) is 14.8. The van der Waals surface area contributed by atoms with Gasteiger partial charge in [0.05, 0.1) is 0 Å². The SMILES string of the molecule is CC.CCC1C(C(C)=N)C1(C)C.CCc1ccc(N)cc1N. The van der Waals surface area contributed by atoms with Crippen LogP contribution < -0.4 is 11.5 Å². The van der Waals surface area contributed by atoms with E-state index >= 15 is 0 Å². The van der Waals surface area contributed by atoms with Crippen LogP contribution in [0.1, 0.15) is 60.5 Å². The fourth-order valence-electron chi connectivity index (χ4n) is 3.30. The van der Waals surface area contributed by atoms with E-state index in [0.29, 0.717) is 11.3 Å². The second-order valence-corrected chi connectivity index (χ2v) is 6.31. The zero-order valence-corrected chi connectivity index (χ0v) is 15.5. The second-order valence-electron chi connectivity index (χ2n) is 6.31. The number of nitrogens with one attached hydrogen (secondary N) is 1. The summed E-state index contributed by atoms with van der Waals surface area (Å²) in [6, 6.07) is 5.62. The molecule has 2 rings (SSSR count). The molecule has 0 amide bonds. The number of hydrogen-bond acceptors (Lipinski definition) is 3. The number of nitrogen functional groups attached to an aromatic ring is 2. The zero-order valence-electron chi connectivity index (χ0n) is 15.5. The van der Waals surface area contributed by atoms with E-state index in [4.69, 9.17) is 16.9 Å². The van der Waals surface area contributed by atoms with E-state index in [0.717, 1.165) is 35.0 Å². The highest BCUT2D eigenvalue weighted by Gasteiger charge is 2.57. The minimum Gasteiger partial charge on any atom is -0.399 e. The molecule has 2 atom stereocenters. The van der Waals surface area contributed by atoms with Gasteiger partial charge in [0.15, 0.2) is 0 Å². The molecule has 0 radical (unpaired) electrons. The quantitative estimate of drug-likeness (QED) is 0.533. The van der Waals surface area contributed by atoms with E-state index in [1.165, 1.54) is 6.42 Å². The molecule has 1 aromatic rings. The van der Waals surface area contributed by atoms with Gasteiger partial charge in [-0.2, -0.15) is 0 Å². The zero-order chi connectivity index (χ0) is 17.5. The van der Waals surface area contributed by atoms with Crippen molar-refractivity contribution in [3.63, 3.8) is 0 Å². The Labute approximate surface area is 137 Å². The van der Waals surface area contributed by atoms with Gasteiger partial charge in [-0.15, -0.1) is 0 Å². The molecule has 1 fully saturated rings. The first-order valence-corrected chi connectivity index (χ1v) is 8.44. The second kappa shape index (κ2) is 8.82. The summed E-state index contributed by atoms with van der Waals surface area (Å²) in [6.07, 6.45) is 2.19. The normalized spacial score (nSPS) is 20.9. The van der Waals surface area contributed by atoms with Gasteiger partial charge in [-0.05, 0) is 42.4 Å². The van der Waals surface area contributed by atoms with Crippen molar-refractivity contribution in [1.82, 2.24) is 0 Å². The largest absolute Gasteiger partial charge is 0.399 e. The van der Waals surface area contributed by atoms with Crippen LogP contribution in [0.25, 0.3) is 0 Å². The van der Waals surface area contributed by atoms with Crippen LogP contribution in [0.4, 0.5) is 11.4 Å². The molecule has 3 nitrogen and oxygen atoms in total. The molecule has 0 heterocycles. The van der Waals surface area contributed by atoms with Gasteiger partial charge in [0.25, 0.3) is 0 Å². The molecule has 0 spiro atoms. The number of hydrogen-bond donors (Lipinski definition) is 3. The molecule has 5 N–H and O–H groups in total. The maximum absolute atomic E-state index is 7.50. The van der Waals surface area contributed by atoms with Gasteiger partial charge in [-0.1, -0.05) is 54.0 Å². The Morgan fingerprint density at radius 3 is 2.00 bits per heavy atom. The molecule has 0 aliphatic heterocycles. The summed E-state index contributed by atoms with van der Waals surface area (Å²) in [7, 11) is 0. The van der Waals surface area contributed by atoms with Crippen LogP contribution in [0.2, 0.25) is 0 Å². The van der Waals surface area contributed by atoms with Crippen LogP contribution in [-0.2, 0) is 6.42 Å². The number of nitrogens with two attached hydrogens (primary N) is 2. The standard InChI is InChI=1S/C9H17N.C8H12N2.C2H6/c1-5-7-8(6(2)10)9(7,3)4;1-2-6-3-4-7(9)5-8(6)10;1-2/h7-8,10H,5H2,1-4H3;3-5H,2,9-10H2,1H3;1-2H3. The molecule has 2 unspecified atom stereocenters. The average Bonchev–Trinajstić information content (AvgIpc) is 3.04. The minimum absolute atomic E-state index is 0.431. The fraction of sp³-hybridized carbons (Fsp3) is 0.632. The number of anilines is 2. The molecular weight excluding hydrogens is 270 g/mol. The highest BCUT2D eigenvalue weighted by molar-refractivity contribution is 5.85. The molecule has 1 aliphatic rings. The molecule has 22 heavy (non-hydrogen) atoms. The van der Waals surface area contributed by atoms with Crippen molar-refractivity contribution in [2.45, 2.75) is 61.3 Å². The van der Waals surface area contributed by atoms with Gasteiger partial charge < -0.3 is 16.9 Å². The van der Waals surface area contributed by atoms with Crippen LogP contribution in [0.5, 0.6) is 0 Å². The predicted molar refractivity (Wildman–Crippen MR) is 100 cm³/mol. The molecule has 1 aliphatic carbocycles. The Morgan fingerprint density at radius 2 is 1.73 bits per heavy atom. The lowest BCUT2D eigenvalue weighted by Crippen LogP contribution is -1.98. The van der Waals surface area contributed by atoms with Crippen molar-refractivity contribution >= 4 is 17.1 Å². The lowest BCUT2D eigenvalue weighted by molar-refractivity contribution is 0.544. The Balaban J connectivity index is 0.000000360. The van der Waals surface area contributed by atoms with Gasteiger partial charge in [-0.3, -0.25) is 0 Å². The van der Waals surface area contributed by atoms with E-state index in [1.807, 2.05) is 32.9 Å². The average molecular weight is 306 g/mol. The first-order chi connectivity index (χ1) is 10.3. The number of rotatable bonds is 3. The van der Waals surface area contributed by atoms with Crippen molar-refractivity contribution in [2.24, 2.45) is 17.3 Å². The lowest BCUT2D eigenvalue weighted by Gasteiger charge is -2.01. The van der Waals surface area contributed by atoms with E-state index in [1.54, 1.807) is 6.07 Å². The van der Waals surface area contributed by atoms with Crippen LogP contribution >= 0.6 is 0 Å². The molecule has 0 bridgehead atoms. The maximum Gasteiger partial charge on any atom is 0.0367 e. The Kier molecular flexibility index (Phi) is 8.21. The van der Waals surface area contributed by atoms with Crippen LogP contribution in [0.15, 0.2) is 18.2 Å². The Hall–Kier alpha value is -1.51. The third-order valence-corrected chi connectivity index (χ3v) is 4.51. The van der Waals surface area contributed by atoms with Crippen molar-refractivity contribution in [2.75, 3.05) is 11.5 Å². The third-order valence-electron chi connectivity index (χ3n) is 4.51. The molecule has 0 aromatic heterocycles. The van der Waals surface area contributed by atoms with E-state index in [-0.39, 0.29) is 0 Å². The van der Waals surface area contributed by atoms with Gasteiger partial charge in [0.2, 0.25) is 0 Å². The monoisotopic (exact) mass is 305 g/mol. The summed E-state index contributed by atoms with van der Waals surface area (Å²) < 4.78 is 0. The highest BCUT2D eigenvalue weighted by Crippen LogP contribution is 2.60. The van der Waals surface area contributed by atoms with Crippen LogP contribution in [0, 0.1) is 22.7 Å². The predicted octanol–water partition coefficient (Wildman–Crippen LogP) is 5.15. The van der Waals surface area contributed by atoms with Gasteiger partial charge >= 0.3 is 0 Å². The first-order valence-electron chi connectivity index (χ1n) is 8.44. The Bertz CT molecular complexity index is 478. The topological polar surface area (TPSA) is 75.9 Å². The summed E-state index contributed by atoms with van der Waals surface area (Å²) in [5, 5.41) is 7.50. The van der Waals surface area contributed by atoms with Crippen molar-refractivity contribution in [3.8, 4) is 0 Å². The summed E-state index contributed by atoms with van der Waals surface area (Å²) in [4.78, 5) is 0. The van der Waals surface area contributed by atoms with Gasteiger partial charge in [-0.25, -0.2) is 0 Å². The van der Waals surface area contributed by atoms with E-state index in [9.17, 15) is 0 Å². The summed E-state index contributed by atoms with van der Waals surface area (Å²) >= 11 is 0. The van der Waals surface area contributed by atoms with Gasteiger partial charge in [0, 0.05) is 23.0 Å². The lowest BCUT2D eigenvalue weighted by atomic mass is 10.1. The summed E-state index contributed by atoms with van der Waals surface area (Å²) in [5.74, 6) is 1.36. The summed E-state index contributed by atoms with van der Waals surface area (Å²) in [5.41, 5.74) is 15.1. The van der Waals surface area contributed by atoms with Crippen LogP contribution in [-0.4, -0.2) is 5.71 Å². The molecule has 3 heteroatoms.